The van der Waals surface area contributed by atoms with Gasteiger partial charge in [-0.1, -0.05) is 56.6 Å². The first-order valence-electron chi connectivity index (χ1n) is 40.8. The Labute approximate surface area is 775 Å². The molecular weight excluding hydrogens is 1810 g/mol. The van der Waals surface area contributed by atoms with Crippen LogP contribution in [0.5, 0.6) is 0 Å². The number of thiol groups is 1. The van der Waals surface area contributed by atoms with Gasteiger partial charge >= 0.3 is 72.6 Å². The third kappa shape index (κ3) is 22.5. The van der Waals surface area contributed by atoms with Crippen molar-refractivity contribution in [2.45, 2.75) is 243 Å². The normalized spacial score (nSPS) is 31.8. The number of aromatic nitrogens is 14. The first-order valence-corrected chi connectivity index (χ1v) is 54.1. The number of nitrogens with one attached hydrogen (secondary N) is 2. The molecule has 2 aliphatic carbocycles. The minimum Gasteiger partial charge on any atom is -0.780 e. The van der Waals surface area contributed by atoms with Gasteiger partial charge in [0.05, 0.1) is 116 Å². The first kappa shape index (κ1) is 101. The zero-order chi connectivity index (χ0) is 87.0. The van der Waals surface area contributed by atoms with E-state index in [1.165, 1.54) is 95.5 Å². The van der Waals surface area contributed by atoms with Crippen LogP contribution in [-0.2, 0) is 138 Å². The predicted molar refractivity (Wildman–Crippen MR) is 450 cm³/mol. The zero-order valence-corrected chi connectivity index (χ0v) is 82.9. The quantitative estimate of drug-likeness (QED) is 0.0306. The third-order valence-electron chi connectivity index (χ3n) is 23.6. The molecule has 6 N–H and O–H groups in total. The number of aliphatic hydroxyl groups excluding tert-OH is 3. The molecule has 0 amide bonds. The van der Waals surface area contributed by atoms with E-state index >= 15 is 8.78 Å². The second-order valence-corrected chi connectivity index (χ2v) is 47.9. The van der Waals surface area contributed by atoms with E-state index in [4.69, 9.17) is 95.0 Å². The van der Waals surface area contributed by atoms with Crippen LogP contribution in [0.4, 0.5) is 8.78 Å². The van der Waals surface area contributed by atoms with Crippen molar-refractivity contribution in [2.24, 2.45) is 0 Å². The molecule has 4 unspecified atom stereocenters. The largest absolute Gasteiger partial charge is 1.00 e. The molecule has 6 saturated heterocycles. The summed E-state index contributed by atoms with van der Waals surface area (Å²) in [6.45, 7) is 10.4. The van der Waals surface area contributed by atoms with Gasteiger partial charge in [0, 0.05) is 23.2 Å². The fraction of sp³-hybridized carbons (Fsp3) is 0.694. The molecule has 6 aliphatic heterocycles. The molecule has 123 heavy (non-hydrogen) atoms. The number of ether oxygens (including phenoxy) is 4. The Kier molecular flexibility index (Phi) is 35.2. The molecule has 20 atom stereocenters. The maximum Gasteiger partial charge on any atom is 1.00 e. The second-order valence-electron chi connectivity index (χ2n) is 32.1. The van der Waals surface area contributed by atoms with E-state index in [0.29, 0.717) is 11.3 Å². The van der Waals surface area contributed by atoms with Gasteiger partial charge in [-0.25, -0.2) is 53.2 Å². The van der Waals surface area contributed by atoms with Crippen molar-refractivity contribution in [2.75, 3.05) is 78.9 Å². The van der Waals surface area contributed by atoms with Gasteiger partial charge in [-0.05, 0) is 134 Å². The van der Waals surface area contributed by atoms with Crippen molar-refractivity contribution >= 4 is 127 Å². The van der Waals surface area contributed by atoms with E-state index in [2.05, 4.69) is 93.7 Å². The van der Waals surface area contributed by atoms with Crippen LogP contribution in [0.1, 0.15) is 135 Å². The number of fused-ring (bicyclic) bond motifs is 8. The molecular formula is C72H108F2N16Na2O22P4S4Si+2. The summed E-state index contributed by atoms with van der Waals surface area (Å²) in [5.41, 5.74) is 3.53. The number of hydrogen-bond acceptors (Lipinski definition) is 32. The molecule has 8 aromatic rings. The van der Waals surface area contributed by atoms with Crippen molar-refractivity contribution in [1.82, 2.24) is 67.3 Å². The Morgan fingerprint density at radius 1 is 0.545 bits per heavy atom. The summed E-state index contributed by atoms with van der Waals surface area (Å²) in [6, 6.07) is 0. The van der Waals surface area contributed by atoms with E-state index in [-0.39, 0.29) is 113 Å². The van der Waals surface area contributed by atoms with Crippen LogP contribution in [0.15, 0.2) is 59.9 Å². The molecule has 51 heteroatoms. The fourth-order valence-corrected chi connectivity index (χ4v) is 22.9. The van der Waals surface area contributed by atoms with Crippen molar-refractivity contribution in [3.8, 4) is 0 Å². The number of aliphatic hydroxyl groups is 3. The van der Waals surface area contributed by atoms with Gasteiger partial charge in [-0.3, -0.25) is 41.4 Å². The summed E-state index contributed by atoms with van der Waals surface area (Å²) < 4.78 is 134. The van der Waals surface area contributed by atoms with Gasteiger partial charge < -0.3 is 94.9 Å². The van der Waals surface area contributed by atoms with Crippen LogP contribution in [0.3, 0.4) is 0 Å². The molecule has 0 spiro atoms. The number of imidazole rings is 2. The predicted octanol–water partition coefficient (Wildman–Crippen LogP) is -2.24. The van der Waals surface area contributed by atoms with Gasteiger partial charge in [0.15, 0.2) is 67.9 Å². The van der Waals surface area contributed by atoms with Gasteiger partial charge in [0.2, 0.25) is 0 Å². The van der Waals surface area contributed by atoms with E-state index in [1.54, 1.807) is 31.3 Å². The Morgan fingerprint density at radius 3 is 1.38 bits per heavy atom. The number of halogens is 2. The summed E-state index contributed by atoms with van der Waals surface area (Å²) in [7, 11) is -2.70. The summed E-state index contributed by atoms with van der Waals surface area (Å²) in [4.78, 5) is 103. The number of nitrogens with zero attached hydrogens (tertiary/aromatic N) is 14. The zero-order valence-electron chi connectivity index (χ0n) is 71.0. The van der Waals surface area contributed by atoms with Crippen LogP contribution in [0, 0.1) is 0 Å². The molecule has 38 nitrogen and oxygen atoms in total. The number of quaternary nitrogens is 2. The molecule has 8 aromatic heterocycles. The van der Waals surface area contributed by atoms with Gasteiger partial charge in [0.1, 0.15) is 111 Å². The molecule has 16 rings (SSSR count). The van der Waals surface area contributed by atoms with Crippen molar-refractivity contribution in [3.05, 3.63) is 93.6 Å². The maximum atomic E-state index is 16.7. The average Bonchev–Trinajstić information content (AvgIpc) is 1.60. The molecule has 8 aliphatic rings. The van der Waals surface area contributed by atoms with E-state index < -0.39 is 171 Å². The van der Waals surface area contributed by atoms with E-state index in [0.717, 1.165) is 84.7 Å². The Morgan fingerprint density at radius 2 is 0.951 bits per heavy atom. The Bertz CT molecular complexity index is 5270. The second kappa shape index (κ2) is 42.7. The van der Waals surface area contributed by atoms with E-state index in [9.17, 15) is 44.2 Å². The molecule has 6 fully saturated rings. The molecule has 0 radical (unpaired) electrons. The minimum absolute atomic E-state index is 0. The van der Waals surface area contributed by atoms with Crippen molar-refractivity contribution in [1.29, 1.82) is 0 Å². The minimum atomic E-state index is -4.52. The number of hydrogen-bond donors (Lipinski definition) is 7. The molecule has 14 heterocycles. The smallest absolute Gasteiger partial charge is 0.780 e. The summed E-state index contributed by atoms with van der Waals surface area (Å²) >= 11 is 20.2. The van der Waals surface area contributed by atoms with Crippen molar-refractivity contribution < 1.29 is 172 Å². The first-order chi connectivity index (χ1) is 57.5. The average molecular weight is 1910 g/mol. The van der Waals surface area contributed by atoms with Crippen LogP contribution in [0.25, 0.3) is 44.4 Å². The Hall–Kier alpha value is -2.29. The van der Waals surface area contributed by atoms with Gasteiger partial charge in [-0.15, -0.1) is 0 Å². The third-order valence-corrected chi connectivity index (χ3v) is 34.3. The van der Waals surface area contributed by atoms with Crippen molar-refractivity contribution in [3.63, 3.8) is 0 Å². The molecule has 4 bridgehead atoms. The maximum absolute atomic E-state index is 16.7. The molecule has 670 valence electrons. The van der Waals surface area contributed by atoms with Gasteiger partial charge in [-0.2, -0.15) is 0 Å². The summed E-state index contributed by atoms with van der Waals surface area (Å²) in [5, 5.41) is 31.3. The summed E-state index contributed by atoms with van der Waals surface area (Å²) in [5.74, 6) is 0. The van der Waals surface area contributed by atoms with Crippen LogP contribution in [0.2, 0.25) is 18.1 Å². The number of alkyl halides is 2. The molecule has 0 saturated carbocycles. The van der Waals surface area contributed by atoms with Crippen LogP contribution < -0.4 is 89.8 Å². The number of aryl methyl sites for hydroxylation is 4. The standard InChI is InChI=1S/C33H46FN7O11P2S2Si.C27H32FN7O11P2S2.2C6H15N.2Na/c1-33(2,3)57(4,5)52-26-21-14-47-53(44,55)50-25-20(48-31(23(25)34)40-12-18-8-6-7-9-19-22(18)28(40)36-15-35-19)13-46-54(45,56)51-27(26)32(49-21)41-17-37-24-29(41)38-16-39(10-11-42)30(24)43;28-18-21-16(44-26(18)34-7-13-3-1-2-4-14-17(13)23(34)30-10-29-14)9-42-48(40,50)46-22-20(37)15(8-41-47(39,49)45-21)43-27(22)35-12-31-19-24(35)32-11-33(5-6-36)25(19)38;2*1-4-7(5-2)6-3;;/h12,15-17,20-21,23,25-27,31-32,42H,6-11,13-14H2,1-5H3,(H,44,55)(H,45,56);7,10-12,15-16,18,20-22,26-27,36-37H,1-6,8-9H2,(H,39,49)(H,40,50);2*4-6H2,1-3H3;;/q;;;;2*+1/t20-,21-,23-,25-,26-,27-,31-,32-,53?,54?;15-,16-,18-,20-,21-,22-,26-,27-,47?,48?;;;;/m11..../s1. The SMILES string of the molecule is CC(C)(C)[Si](C)(C)O[C@H]1[C@H]2OP(=O)(S)OC[C@H]3O[C@@H](n4cc5c6c(ncnc64)CCCC5)[C@H](F)[C@@H]3OP([O-])(=S)OC[C@H]1O[C@H]2n1cnc2c(=O)n(CCO)cnc21.CC[NH+](CC)CC.CC[NH+](CC)CC.O=c1c2ncn([C@@H]3O[C@@H]4COP([O-])(=S)O[C@H]5[C@@H](F)[C@H](n6cc7c8c(ncnc86)CCCC7)O[C@@H]5COP(O)(=S)O[C@@H]3[C@@H]4O)c2ncn1CCO.[Na+].[Na+]. The molecule has 0 aromatic carbocycles. The van der Waals surface area contributed by atoms with Crippen LogP contribution >= 0.6 is 39.2 Å². The number of rotatable bonds is 16. The summed E-state index contributed by atoms with van der Waals surface area (Å²) in [6.07, 6.45) is -4.51. The topological polar surface area (TPSA) is 440 Å². The fourth-order valence-electron chi connectivity index (χ4n) is 15.9. The Balaban J connectivity index is 0.000000205. The van der Waals surface area contributed by atoms with Crippen LogP contribution in [-0.4, -0.2) is 248 Å². The van der Waals surface area contributed by atoms with E-state index in [1.807, 2.05) is 33.9 Å². The monoisotopic (exact) mass is 1910 g/mol. The van der Waals surface area contributed by atoms with Gasteiger partial charge in [0.25, 0.3) is 11.1 Å².